The summed E-state index contributed by atoms with van der Waals surface area (Å²) in [7, 11) is 1.16. The van der Waals surface area contributed by atoms with Crippen molar-refractivity contribution in [1.82, 2.24) is 0 Å². The molecule has 1 N–H and O–H groups in total. The number of alkyl halides is 3. The SMILES string of the molecule is CC/C(=N\Nc1ccc(C#N)cc1OC(F)(F)F)C(=O)OC. The molecule has 0 aliphatic carbocycles. The van der Waals surface area contributed by atoms with E-state index in [2.05, 4.69) is 20.0 Å². The Balaban J connectivity index is 3.11. The van der Waals surface area contributed by atoms with Crippen molar-refractivity contribution in [3.63, 3.8) is 0 Å². The molecule has 1 aromatic rings. The summed E-state index contributed by atoms with van der Waals surface area (Å²) in [6.45, 7) is 1.63. The van der Waals surface area contributed by atoms with Crippen molar-refractivity contribution in [1.29, 1.82) is 5.26 Å². The highest BCUT2D eigenvalue weighted by Crippen LogP contribution is 2.31. The normalized spacial score (nSPS) is 11.5. The number of carbonyl (C=O) groups excluding carboxylic acids is 1. The number of benzene rings is 1. The smallest absolute Gasteiger partial charge is 0.464 e. The zero-order valence-corrected chi connectivity index (χ0v) is 11.7. The Morgan fingerprint density at radius 1 is 1.45 bits per heavy atom. The molecule has 0 atom stereocenters. The average Bonchev–Trinajstić information content (AvgIpc) is 2.47. The highest BCUT2D eigenvalue weighted by molar-refractivity contribution is 6.36. The van der Waals surface area contributed by atoms with Crippen LogP contribution in [-0.4, -0.2) is 25.2 Å². The van der Waals surface area contributed by atoms with Gasteiger partial charge in [0.15, 0.2) is 5.75 Å². The molecule has 0 saturated heterocycles. The molecule has 0 amide bonds. The number of methoxy groups -OCH3 is 1. The summed E-state index contributed by atoms with van der Waals surface area (Å²) in [6.07, 6.45) is -4.71. The number of nitrogens with zero attached hydrogens (tertiary/aromatic N) is 2. The fourth-order valence-electron chi connectivity index (χ4n) is 1.41. The van der Waals surface area contributed by atoms with E-state index in [-0.39, 0.29) is 23.4 Å². The fourth-order valence-corrected chi connectivity index (χ4v) is 1.41. The molecule has 0 radical (unpaired) electrons. The van der Waals surface area contributed by atoms with E-state index in [1.54, 1.807) is 13.0 Å². The van der Waals surface area contributed by atoms with Crippen molar-refractivity contribution in [3.8, 4) is 11.8 Å². The third-order valence-electron chi connectivity index (χ3n) is 2.40. The molecule has 22 heavy (non-hydrogen) atoms. The second kappa shape index (κ2) is 7.31. The van der Waals surface area contributed by atoms with Crippen molar-refractivity contribution in [3.05, 3.63) is 23.8 Å². The van der Waals surface area contributed by atoms with Gasteiger partial charge in [-0.1, -0.05) is 6.92 Å². The first-order valence-corrected chi connectivity index (χ1v) is 6.01. The second-order valence-corrected chi connectivity index (χ2v) is 3.89. The number of halogens is 3. The number of hydrogen-bond donors (Lipinski definition) is 1. The maximum atomic E-state index is 12.4. The molecular formula is C13H12F3N3O3. The van der Waals surface area contributed by atoms with E-state index in [1.165, 1.54) is 12.1 Å². The van der Waals surface area contributed by atoms with Gasteiger partial charge >= 0.3 is 12.3 Å². The quantitative estimate of drug-likeness (QED) is 0.513. The standard InChI is InChI=1S/C13H12F3N3O3/c1-3-9(12(20)21-2)18-19-10-5-4-8(7-17)6-11(10)22-13(14,15)16/h4-6,19H,3H2,1-2H3/b18-9+. The summed E-state index contributed by atoms with van der Waals surface area (Å²) in [6, 6.07) is 5.08. The molecule has 0 bridgehead atoms. The topological polar surface area (TPSA) is 83.7 Å². The number of rotatable bonds is 5. The van der Waals surface area contributed by atoms with Crippen LogP contribution in [0.25, 0.3) is 0 Å². The summed E-state index contributed by atoms with van der Waals surface area (Å²) in [5.41, 5.74) is 2.13. The zero-order valence-electron chi connectivity index (χ0n) is 11.7. The first kappa shape index (κ1) is 17.3. The number of hydrogen-bond acceptors (Lipinski definition) is 6. The van der Waals surface area contributed by atoms with Crippen molar-refractivity contribution in [2.75, 3.05) is 12.5 Å². The minimum atomic E-state index is -4.93. The molecule has 0 aliphatic heterocycles. The molecule has 118 valence electrons. The van der Waals surface area contributed by atoms with Gasteiger partial charge in [-0.25, -0.2) is 4.79 Å². The number of hydrazone groups is 1. The Hall–Kier alpha value is -2.76. The highest BCUT2D eigenvalue weighted by Gasteiger charge is 2.32. The third kappa shape index (κ3) is 4.97. The number of nitriles is 1. The minimum Gasteiger partial charge on any atom is -0.464 e. The van der Waals surface area contributed by atoms with Crippen LogP contribution in [0.5, 0.6) is 5.75 Å². The van der Waals surface area contributed by atoms with E-state index in [0.29, 0.717) is 0 Å². The van der Waals surface area contributed by atoms with Crippen LogP contribution in [0.3, 0.4) is 0 Å². The van der Waals surface area contributed by atoms with Gasteiger partial charge in [0, 0.05) is 6.07 Å². The summed E-state index contributed by atoms with van der Waals surface area (Å²) >= 11 is 0. The lowest BCUT2D eigenvalue weighted by molar-refractivity contribution is -0.274. The molecule has 0 aliphatic rings. The lowest BCUT2D eigenvalue weighted by atomic mass is 10.2. The maximum absolute atomic E-state index is 12.4. The van der Waals surface area contributed by atoms with Gasteiger partial charge in [0.2, 0.25) is 0 Å². The number of nitrogens with one attached hydrogen (secondary N) is 1. The number of ether oxygens (including phenoxy) is 2. The van der Waals surface area contributed by atoms with Gasteiger partial charge in [-0.3, -0.25) is 5.43 Å². The van der Waals surface area contributed by atoms with Gasteiger partial charge < -0.3 is 9.47 Å². The zero-order chi connectivity index (χ0) is 16.8. The second-order valence-electron chi connectivity index (χ2n) is 3.89. The first-order chi connectivity index (χ1) is 10.3. The van der Waals surface area contributed by atoms with E-state index >= 15 is 0 Å². The number of carbonyl (C=O) groups is 1. The maximum Gasteiger partial charge on any atom is 0.573 e. The van der Waals surface area contributed by atoms with Crippen molar-refractivity contribution in [2.24, 2.45) is 5.10 Å². The molecule has 0 saturated carbocycles. The molecule has 9 heteroatoms. The predicted octanol–water partition coefficient (Wildman–Crippen LogP) is 2.81. The summed E-state index contributed by atoms with van der Waals surface area (Å²) in [5.74, 6) is -1.34. The van der Waals surface area contributed by atoms with Gasteiger partial charge in [-0.05, 0) is 18.6 Å². The van der Waals surface area contributed by atoms with Gasteiger partial charge in [-0.2, -0.15) is 10.4 Å². The Kier molecular flexibility index (Phi) is 5.74. The lowest BCUT2D eigenvalue weighted by Gasteiger charge is -2.13. The van der Waals surface area contributed by atoms with Crippen LogP contribution in [0.4, 0.5) is 18.9 Å². The molecule has 0 heterocycles. The van der Waals surface area contributed by atoms with Crippen LogP contribution in [0, 0.1) is 11.3 Å². The Labute approximate surface area is 124 Å². The van der Waals surface area contributed by atoms with Gasteiger partial charge in [-0.15, -0.1) is 13.2 Å². The van der Waals surface area contributed by atoms with Crippen molar-refractivity contribution >= 4 is 17.4 Å². The van der Waals surface area contributed by atoms with E-state index in [9.17, 15) is 18.0 Å². The summed E-state index contributed by atoms with van der Waals surface area (Å²) in [4.78, 5) is 11.3. The van der Waals surface area contributed by atoms with Crippen LogP contribution in [0.1, 0.15) is 18.9 Å². The lowest BCUT2D eigenvalue weighted by Crippen LogP contribution is -2.19. The molecule has 6 nitrogen and oxygen atoms in total. The van der Waals surface area contributed by atoms with Crippen LogP contribution in [0.15, 0.2) is 23.3 Å². The Morgan fingerprint density at radius 2 is 2.14 bits per heavy atom. The van der Waals surface area contributed by atoms with Crippen LogP contribution in [0.2, 0.25) is 0 Å². The van der Waals surface area contributed by atoms with E-state index < -0.39 is 18.1 Å². The third-order valence-corrected chi connectivity index (χ3v) is 2.40. The minimum absolute atomic E-state index is 0.00943. The van der Waals surface area contributed by atoms with Crippen LogP contribution >= 0.6 is 0 Å². The fraction of sp³-hybridized carbons (Fsp3) is 0.308. The van der Waals surface area contributed by atoms with Crippen LogP contribution < -0.4 is 10.2 Å². The molecule has 1 aromatic carbocycles. The molecule has 1 rings (SSSR count). The molecular weight excluding hydrogens is 303 g/mol. The van der Waals surface area contributed by atoms with Gasteiger partial charge in [0.1, 0.15) is 5.71 Å². The number of esters is 1. The van der Waals surface area contributed by atoms with Crippen LogP contribution in [-0.2, 0) is 9.53 Å². The largest absolute Gasteiger partial charge is 0.573 e. The molecule has 0 aromatic heterocycles. The van der Waals surface area contributed by atoms with E-state index in [0.717, 1.165) is 13.2 Å². The predicted molar refractivity (Wildman–Crippen MR) is 71.2 cm³/mol. The molecule has 0 fully saturated rings. The summed E-state index contributed by atoms with van der Waals surface area (Å²) < 4.78 is 45.4. The highest BCUT2D eigenvalue weighted by atomic mass is 19.4. The van der Waals surface area contributed by atoms with Gasteiger partial charge in [0.05, 0.1) is 24.4 Å². The van der Waals surface area contributed by atoms with Crippen molar-refractivity contribution in [2.45, 2.75) is 19.7 Å². The van der Waals surface area contributed by atoms with Gasteiger partial charge in [0.25, 0.3) is 0 Å². The Bertz CT molecular complexity index is 621. The molecule has 0 spiro atoms. The molecule has 0 unspecified atom stereocenters. The van der Waals surface area contributed by atoms with Crippen molar-refractivity contribution < 1.29 is 27.4 Å². The van der Waals surface area contributed by atoms with E-state index in [1.807, 2.05) is 0 Å². The Morgan fingerprint density at radius 3 is 2.64 bits per heavy atom. The average molecular weight is 315 g/mol. The number of anilines is 1. The van der Waals surface area contributed by atoms with E-state index in [4.69, 9.17) is 5.26 Å². The summed E-state index contributed by atoms with van der Waals surface area (Å²) in [5, 5.41) is 12.4. The first-order valence-electron chi connectivity index (χ1n) is 6.01. The monoisotopic (exact) mass is 315 g/mol.